The number of amides is 1. The Bertz CT molecular complexity index is 1160. The van der Waals surface area contributed by atoms with Crippen LogP contribution in [0.15, 0.2) is 36.7 Å². The summed E-state index contributed by atoms with van der Waals surface area (Å²) in [6, 6.07) is 6.90. The summed E-state index contributed by atoms with van der Waals surface area (Å²) in [5, 5.41) is 3.21. The van der Waals surface area contributed by atoms with Crippen molar-refractivity contribution in [2.45, 2.75) is 46.3 Å². The van der Waals surface area contributed by atoms with Gasteiger partial charge in [-0.05, 0) is 62.4 Å². The normalized spacial score (nSPS) is 15.0. The van der Waals surface area contributed by atoms with Gasteiger partial charge in [0.1, 0.15) is 23.4 Å². The van der Waals surface area contributed by atoms with E-state index in [9.17, 15) is 9.18 Å². The monoisotopic (exact) mass is 434 g/mol. The van der Waals surface area contributed by atoms with Crippen LogP contribution in [0.25, 0.3) is 0 Å². The molecule has 0 saturated carbocycles. The average molecular weight is 435 g/mol. The van der Waals surface area contributed by atoms with E-state index in [2.05, 4.69) is 21.4 Å². The fourth-order valence-corrected chi connectivity index (χ4v) is 4.31. The minimum absolute atomic E-state index is 0.314. The zero-order chi connectivity index (χ0) is 22.8. The molecule has 1 aliphatic rings. The molecule has 1 atom stereocenters. The third-order valence-corrected chi connectivity index (χ3v) is 6.02. The van der Waals surface area contributed by atoms with Gasteiger partial charge in [0.25, 0.3) is 0 Å². The Labute approximate surface area is 187 Å². The number of carbonyl (C=O) groups is 1. The van der Waals surface area contributed by atoms with Gasteiger partial charge in [0.2, 0.25) is 6.41 Å². The first-order valence-corrected chi connectivity index (χ1v) is 10.7. The summed E-state index contributed by atoms with van der Waals surface area (Å²) in [6.07, 6.45) is 5.18. The lowest BCUT2D eigenvalue weighted by atomic mass is 9.97. The maximum Gasteiger partial charge on any atom is 0.214 e. The molecule has 1 aromatic carbocycles. The van der Waals surface area contributed by atoms with E-state index in [-0.39, 0.29) is 5.82 Å². The number of benzene rings is 1. The number of carbonyl (C=O) groups excluding carboxylic acids is 1. The van der Waals surface area contributed by atoms with Gasteiger partial charge < -0.3 is 15.0 Å². The number of aryl methyl sites for hydroxylation is 4. The zero-order valence-corrected chi connectivity index (χ0v) is 18.8. The minimum Gasteiger partial charge on any atom is -0.484 e. The van der Waals surface area contributed by atoms with Crippen molar-refractivity contribution in [1.82, 2.24) is 9.97 Å². The van der Waals surface area contributed by atoms with E-state index in [0.29, 0.717) is 24.4 Å². The molecule has 1 aliphatic heterocycles. The molecular weight excluding hydrogens is 407 g/mol. The van der Waals surface area contributed by atoms with E-state index in [1.807, 2.05) is 40.1 Å². The van der Waals surface area contributed by atoms with E-state index < -0.39 is 6.10 Å². The van der Waals surface area contributed by atoms with Crippen LogP contribution in [0.4, 0.5) is 15.8 Å². The lowest BCUT2D eigenvalue weighted by molar-refractivity contribution is -0.107. The van der Waals surface area contributed by atoms with Crippen molar-refractivity contribution in [1.29, 1.82) is 0 Å². The van der Waals surface area contributed by atoms with Crippen LogP contribution >= 0.6 is 0 Å². The van der Waals surface area contributed by atoms with Crippen LogP contribution in [0.2, 0.25) is 0 Å². The number of anilines is 2. The molecule has 166 valence electrons. The first kappa shape index (κ1) is 21.7. The highest BCUT2D eigenvalue weighted by atomic mass is 19.1. The van der Waals surface area contributed by atoms with E-state index >= 15 is 0 Å². The third kappa shape index (κ3) is 4.02. The van der Waals surface area contributed by atoms with Crippen molar-refractivity contribution in [3.8, 4) is 5.75 Å². The molecule has 1 N–H and O–H groups in total. The molecule has 4 rings (SSSR count). The van der Waals surface area contributed by atoms with E-state index in [1.165, 1.54) is 6.07 Å². The lowest BCUT2D eigenvalue weighted by Gasteiger charge is -2.29. The smallest absolute Gasteiger partial charge is 0.214 e. The van der Waals surface area contributed by atoms with Gasteiger partial charge in [0.05, 0.1) is 23.6 Å². The Balaban J connectivity index is 1.68. The fraction of sp³-hybridized carbons (Fsp3) is 0.320. The number of nitrogens with zero attached hydrogens (tertiary/aromatic N) is 3. The van der Waals surface area contributed by atoms with Crippen LogP contribution < -0.4 is 15.0 Å². The fourth-order valence-electron chi connectivity index (χ4n) is 4.31. The van der Waals surface area contributed by atoms with Gasteiger partial charge in [-0.1, -0.05) is 6.07 Å². The van der Waals surface area contributed by atoms with Crippen molar-refractivity contribution in [2.24, 2.45) is 0 Å². The molecule has 7 heteroatoms. The number of pyridine rings is 2. The second-order valence-electron chi connectivity index (χ2n) is 8.13. The van der Waals surface area contributed by atoms with Crippen molar-refractivity contribution in [3.05, 3.63) is 76.1 Å². The van der Waals surface area contributed by atoms with Gasteiger partial charge in [-0.25, -0.2) is 4.39 Å². The number of rotatable bonds is 6. The van der Waals surface area contributed by atoms with Gasteiger partial charge in [-0.15, -0.1) is 0 Å². The van der Waals surface area contributed by atoms with Crippen LogP contribution in [0.5, 0.6) is 5.75 Å². The topological polar surface area (TPSA) is 67.4 Å². The zero-order valence-electron chi connectivity index (χ0n) is 18.8. The molecule has 0 saturated heterocycles. The Morgan fingerprint density at radius 3 is 2.78 bits per heavy atom. The first-order valence-electron chi connectivity index (χ1n) is 10.7. The molecule has 1 amide bonds. The van der Waals surface area contributed by atoms with Crippen molar-refractivity contribution in [2.75, 3.05) is 17.3 Å². The summed E-state index contributed by atoms with van der Waals surface area (Å²) in [5.74, 6) is 0.293. The van der Waals surface area contributed by atoms with Gasteiger partial charge in [0, 0.05) is 31.1 Å². The average Bonchev–Trinajstić information content (AvgIpc) is 2.79. The Kier molecular flexibility index (Phi) is 6.08. The molecule has 3 aromatic rings. The SMILES string of the molecule is CNc1c(C)ncc(C)c1CN(C=O)c1cc2c(cc1C)CCC(c1ncccc1F)O2. The maximum atomic E-state index is 14.3. The maximum absolute atomic E-state index is 14.3. The molecule has 6 nitrogen and oxygen atoms in total. The number of hydrogen-bond acceptors (Lipinski definition) is 5. The van der Waals surface area contributed by atoms with Gasteiger partial charge in [-0.2, -0.15) is 0 Å². The third-order valence-electron chi connectivity index (χ3n) is 6.02. The van der Waals surface area contributed by atoms with E-state index in [4.69, 9.17) is 4.74 Å². The predicted molar refractivity (Wildman–Crippen MR) is 123 cm³/mol. The molecule has 0 bridgehead atoms. The molecule has 0 spiro atoms. The minimum atomic E-state index is -0.454. The molecule has 1 unspecified atom stereocenters. The van der Waals surface area contributed by atoms with Crippen molar-refractivity contribution >= 4 is 17.8 Å². The Morgan fingerprint density at radius 2 is 2.06 bits per heavy atom. The van der Waals surface area contributed by atoms with Crippen LogP contribution in [0, 0.1) is 26.6 Å². The summed E-state index contributed by atoms with van der Waals surface area (Å²) < 4.78 is 20.4. The molecule has 0 radical (unpaired) electrons. The van der Waals surface area contributed by atoms with Gasteiger partial charge >= 0.3 is 0 Å². The number of halogens is 1. The van der Waals surface area contributed by atoms with Crippen LogP contribution in [-0.2, 0) is 17.8 Å². The number of ether oxygens (including phenoxy) is 1. The van der Waals surface area contributed by atoms with Crippen LogP contribution in [0.1, 0.15) is 46.2 Å². The lowest BCUT2D eigenvalue weighted by Crippen LogP contribution is -2.24. The molecular formula is C25H27FN4O2. The molecule has 0 fully saturated rings. The quantitative estimate of drug-likeness (QED) is 0.564. The molecule has 32 heavy (non-hydrogen) atoms. The van der Waals surface area contributed by atoms with E-state index in [1.54, 1.807) is 17.2 Å². The first-order chi connectivity index (χ1) is 15.4. The standard InChI is InChI=1S/C25H27FN4O2/c1-15-10-18-7-8-22(25-20(26)6-5-9-28-25)32-23(18)11-21(15)30(14-31)13-19-16(2)12-29-17(3)24(19)27-4/h5-6,9-12,14,22,27H,7-8,13H2,1-4H3. The highest BCUT2D eigenvalue weighted by Crippen LogP contribution is 2.39. The Hall–Kier alpha value is -3.48. The number of aromatic nitrogens is 2. The summed E-state index contributed by atoms with van der Waals surface area (Å²) in [6.45, 7) is 6.31. The number of nitrogens with one attached hydrogen (secondary N) is 1. The van der Waals surface area contributed by atoms with Crippen LogP contribution in [0.3, 0.4) is 0 Å². The molecule has 3 heterocycles. The second-order valence-corrected chi connectivity index (χ2v) is 8.13. The van der Waals surface area contributed by atoms with Gasteiger partial charge in [0.15, 0.2) is 0 Å². The summed E-state index contributed by atoms with van der Waals surface area (Å²) in [4.78, 5) is 22.4. The van der Waals surface area contributed by atoms with E-state index in [0.717, 1.165) is 52.2 Å². The van der Waals surface area contributed by atoms with Crippen molar-refractivity contribution < 1.29 is 13.9 Å². The highest BCUT2D eigenvalue weighted by Gasteiger charge is 2.26. The van der Waals surface area contributed by atoms with Crippen molar-refractivity contribution in [3.63, 3.8) is 0 Å². The van der Waals surface area contributed by atoms with Crippen LogP contribution in [-0.4, -0.2) is 23.4 Å². The summed E-state index contributed by atoms with van der Waals surface area (Å²) in [5.41, 5.74) is 6.93. The second kappa shape index (κ2) is 8.94. The number of fused-ring (bicyclic) bond motifs is 1. The van der Waals surface area contributed by atoms with Gasteiger partial charge in [-0.3, -0.25) is 14.8 Å². The molecule has 0 aliphatic carbocycles. The summed E-state index contributed by atoms with van der Waals surface area (Å²) >= 11 is 0. The number of hydrogen-bond donors (Lipinski definition) is 1. The largest absolute Gasteiger partial charge is 0.484 e. The molecule has 2 aromatic heterocycles. The highest BCUT2D eigenvalue weighted by molar-refractivity contribution is 5.79. The Morgan fingerprint density at radius 1 is 1.25 bits per heavy atom. The predicted octanol–water partition coefficient (Wildman–Crippen LogP) is 4.81. The summed E-state index contributed by atoms with van der Waals surface area (Å²) in [7, 11) is 1.85.